The second kappa shape index (κ2) is 6.44. The van der Waals surface area contributed by atoms with Gasteiger partial charge in [0.15, 0.2) is 0 Å². The van der Waals surface area contributed by atoms with Crippen LogP contribution in [-0.2, 0) is 5.54 Å². The molecule has 1 aliphatic carbocycles. The maximum atomic E-state index is 13.8. The van der Waals surface area contributed by atoms with Gasteiger partial charge < -0.3 is 16.4 Å². The average molecular weight is 373 g/mol. The largest absolute Gasteiger partial charge is 0.383 e. The van der Waals surface area contributed by atoms with Crippen molar-refractivity contribution in [3.8, 4) is 0 Å². The molecule has 2 aromatic rings. The molecule has 6 nitrogen and oxygen atoms in total. The lowest BCUT2D eigenvalue weighted by molar-refractivity contribution is 0.0900. The lowest BCUT2D eigenvalue weighted by Gasteiger charge is -2.34. The Morgan fingerprint density at radius 2 is 1.96 bits per heavy atom. The molecular weight excluding hydrogens is 352 g/mol. The molecule has 0 bridgehead atoms. The van der Waals surface area contributed by atoms with Crippen LogP contribution in [0.4, 0.5) is 26.1 Å². The molecule has 1 fully saturated rings. The number of nitrogens with one attached hydrogen (secondary N) is 2. The summed E-state index contributed by atoms with van der Waals surface area (Å²) in [6.45, 7) is 1.76. The fourth-order valence-corrected chi connectivity index (χ4v) is 4.16. The van der Waals surface area contributed by atoms with E-state index in [1.165, 1.54) is 12.4 Å². The molecule has 1 amide bonds. The molecule has 1 aromatic heterocycles. The second-order valence-corrected chi connectivity index (χ2v) is 7.24. The van der Waals surface area contributed by atoms with Crippen molar-refractivity contribution in [3.63, 3.8) is 0 Å². The van der Waals surface area contributed by atoms with Gasteiger partial charge in [0.2, 0.25) is 0 Å². The number of carbonyl (C=O) groups is 1. The first-order chi connectivity index (χ1) is 12.9. The van der Waals surface area contributed by atoms with E-state index in [2.05, 4.69) is 20.6 Å². The molecule has 8 heteroatoms. The number of amides is 1. The minimum absolute atomic E-state index is 0.122. The van der Waals surface area contributed by atoms with Crippen LogP contribution < -0.4 is 16.4 Å². The normalized spacial score (nSPS) is 17.9. The SMILES string of the molecule is Cc1c(N)ncnc1Nc1cc(C(F)F)c2c(c1)C1(CCCCC1)NC2=O. The number of nitrogens with two attached hydrogens (primary N) is 1. The molecular formula is C19H21F2N5O. The van der Waals surface area contributed by atoms with Crippen molar-refractivity contribution in [1.82, 2.24) is 15.3 Å². The van der Waals surface area contributed by atoms with Crippen molar-refractivity contribution in [2.45, 2.75) is 51.0 Å². The van der Waals surface area contributed by atoms with E-state index in [4.69, 9.17) is 5.73 Å². The number of rotatable bonds is 3. The Morgan fingerprint density at radius 1 is 1.22 bits per heavy atom. The van der Waals surface area contributed by atoms with Crippen LogP contribution in [0.25, 0.3) is 0 Å². The van der Waals surface area contributed by atoms with E-state index in [0.717, 1.165) is 32.1 Å². The van der Waals surface area contributed by atoms with Gasteiger partial charge in [-0.15, -0.1) is 0 Å². The van der Waals surface area contributed by atoms with Crippen LogP contribution in [0.1, 0.15) is 65.6 Å². The summed E-state index contributed by atoms with van der Waals surface area (Å²) in [5.41, 5.74) is 6.88. The first kappa shape index (κ1) is 17.6. The van der Waals surface area contributed by atoms with Gasteiger partial charge in [0.1, 0.15) is 18.0 Å². The smallest absolute Gasteiger partial charge is 0.264 e. The molecule has 1 saturated carbocycles. The van der Waals surface area contributed by atoms with E-state index < -0.39 is 17.9 Å². The molecule has 4 N–H and O–H groups in total. The maximum Gasteiger partial charge on any atom is 0.264 e. The van der Waals surface area contributed by atoms with Crippen LogP contribution in [0, 0.1) is 6.92 Å². The van der Waals surface area contributed by atoms with Gasteiger partial charge in [-0.1, -0.05) is 19.3 Å². The standard InChI is InChI=1S/C19H21F2N5O/c1-10-16(22)23-9-24-17(10)25-11-7-12(15(20)21)14-13(8-11)19(26-18(14)27)5-3-2-4-6-19/h7-9,15H,2-6H2,1H3,(H,26,27)(H3,22,23,24,25). The van der Waals surface area contributed by atoms with Crippen molar-refractivity contribution in [2.75, 3.05) is 11.1 Å². The summed E-state index contributed by atoms with van der Waals surface area (Å²) < 4.78 is 27.5. The number of halogens is 2. The highest BCUT2D eigenvalue weighted by Crippen LogP contribution is 2.46. The van der Waals surface area contributed by atoms with E-state index in [-0.39, 0.29) is 11.1 Å². The summed E-state index contributed by atoms with van der Waals surface area (Å²) in [4.78, 5) is 20.6. The predicted octanol–water partition coefficient (Wildman–Crippen LogP) is 3.95. The number of nitrogens with zero attached hydrogens (tertiary/aromatic N) is 2. The topological polar surface area (TPSA) is 92.9 Å². The molecule has 2 heterocycles. The first-order valence-electron chi connectivity index (χ1n) is 9.04. The van der Waals surface area contributed by atoms with Gasteiger partial charge >= 0.3 is 0 Å². The molecule has 0 unspecified atom stereocenters. The number of benzene rings is 1. The van der Waals surface area contributed by atoms with Crippen molar-refractivity contribution in [2.24, 2.45) is 0 Å². The van der Waals surface area contributed by atoms with Gasteiger partial charge in [-0.2, -0.15) is 0 Å². The van der Waals surface area contributed by atoms with Gasteiger partial charge in [0.05, 0.1) is 11.1 Å². The zero-order valence-electron chi connectivity index (χ0n) is 15.0. The van der Waals surface area contributed by atoms with Gasteiger partial charge in [-0.05, 0) is 37.5 Å². The third-order valence-electron chi connectivity index (χ3n) is 5.59. The third-order valence-corrected chi connectivity index (χ3v) is 5.59. The van der Waals surface area contributed by atoms with Crippen molar-refractivity contribution < 1.29 is 13.6 Å². The van der Waals surface area contributed by atoms with Crippen LogP contribution in [0.5, 0.6) is 0 Å². The van der Waals surface area contributed by atoms with Crippen molar-refractivity contribution in [3.05, 3.63) is 40.7 Å². The lowest BCUT2D eigenvalue weighted by Crippen LogP contribution is -2.40. The van der Waals surface area contributed by atoms with Crippen LogP contribution in [0.3, 0.4) is 0 Å². The summed E-state index contributed by atoms with van der Waals surface area (Å²) in [6.07, 6.45) is 3.10. The average Bonchev–Trinajstić information content (AvgIpc) is 2.90. The molecule has 27 heavy (non-hydrogen) atoms. The third kappa shape index (κ3) is 2.89. The molecule has 142 valence electrons. The Balaban J connectivity index is 1.83. The number of fused-ring (bicyclic) bond motifs is 2. The predicted molar refractivity (Wildman–Crippen MR) is 98.1 cm³/mol. The van der Waals surface area contributed by atoms with Crippen LogP contribution in [-0.4, -0.2) is 15.9 Å². The fourth-order valence-electron chi connectivity index (χ4n) is 4.16. The van der Waals surface area contributed by atoms with E-state index in [1.54, 1.807) is 13.0 Å². The Hall–Kier alpha value is -2.77. The first-order valence-corrected chi connectivity index (χ1v) is 9.04. The number of nitrogen functional groups attached to an aromatic ring is 1. The van der Waals surface area contributed by atoms with Gasteiger partial charge in [-0.3, -0.25) is 4.79 Å². The highest BCUT2D eigenvalue weighted by atomic mass is 19.3. The molecule has 0 atom stereocenters. The van der Waals surface area contributed by atoms with E-state index in [0.29, 0.717) is 28.5 Å². The molecule has 1 aromatic carbocycles. The number of aromatic nitrogens is 2. The van der Waals surface area contributed by atoms with Gasteiger partial charge in [-0.25, -0.2) is 18.7 Å². The fraction of sp³-hybridized carbons (Fsp3) is 0.421. The number of alkyl halides is 2. The molecule has 1 spiro atoms. The Morgan fingerprint density at radius 3 is 2.67 bits per heavy atom. The minimum Gasteiger partial charge on any atom is -0.383 e. The van der Waals surface area contributed by atoms with E-state index >= 15 is 0 Å². The van der Waals surface area contributed by atoms with E-state index in [1.807, 2.05) is 0 Å². The maximum absolute atomic E-state index is 13.8. The van der Waals surface area contributed by atoms with Gasteiger partial charge in [0, 0.05) is 16.8 Å². The summed E-state index contributed by atoms with van der Waals surface area (Å²) >= 11 is 0. The molecule has 0 radical (unpaired) electrons. The lowest BCUT2D eigenvalue weighted by atomic mass is 9.77. The van der Waals surface area contributed by atoms with Crippen LogP contribution in [0.2, 0.25) is 0 Å². The van der Waals surface area contributed by atoms with Crippen molar-refractivity contribution >= 4 is 23.2 Å². The number of hydrogen-bond donors (Lipinski definition) is 3. The van der Waals surface area contributed by atoms with Gasteiger partial charge in [0.25, 0.3) is 12.3 Å². The Labute approximate surface area is 155 Å². The second-order valence-electron chi connectivity index (χ2n) is 7.24. The summed E-state index contributed by atoms with van der Waals surface area (Å²) in [5, 5.41) is 6.07. The Bertz CT molecular complexity index is 909. The van der Waals surface area contributed by atoms with Crippen molar-refractivity contribution in [1.29, 1.82) is 0 Å². The van der Waals surface area contributed by atoms with Crippen LogP contribution in [0.15, 0.2) is 18.5 Å². The van der Waals surface area contributed by atoms with Crippen LogP contribution >= 0.6 is 0 Å². The zero-order valence-corrected chi connectivity index (χ0v) is 15.0. The minimum atomic E-state index is -2.75. The molecule has 1 aliphatic heterocycles. The molecule has 2 aliphatic rings. The quantitative estimate of drug-likeness (QED) is 0.757. The zero-order chi connectivity index (χ0) is 19.2. The summed E-state index contributed by atoms with van der Waals surface area (Å²) in [6, 6.07) is 3.12. The molecule has 4 rings (SSSR count). The molecule has 0 saturated heterocycles. The monoisotopic (exact) mass is 373 g/mol. The number of hydrogen-bond acceptors (Lipinski definition) is 5. The highest BCUT2D eigenvalue weighted by Gasteiger charge is 2.45. The summed E-state index contributed by atoms with van der Waals surface area (Å²) in [7, 11) is 0. The number of anilines is 3. The highest BCUT2D eigenvalue weighted by molar-refractivity contribution is 6.02. The Kier molecular flexibility index (Phi) is 4.20. The number of carbonyl (C=O) groups excluding carboxylic acids is 1. The summed E-state index contributed by atoms with van der Waals surface area (Å²) in [5.74, 6) is 0.372. The van der Waals surface area contributed by atoms with E-state index in [9.17, 15) is 13.6 Å².